The number of ether oxygens (including phenoxy) is 1. The van der Waals surface area contributed by atoms with Crippen molar-refractivity contribution < 1.29 is 4.74 Å². The molecule has 0 saturated carbocycles. The van der Waals surface area contributed by atoms with Crippen molar-refractivity contribution in [1.82, 2.24) is 14.8 Å². The van der Waals surface area contributed by atoms with Crippen LogP contribution in [0.1, 0.15) is 24.2 Å². The fraction of sp³-hybridized carbons (Fsp3) is 0.231. The molecule has 32 heavy (non-hydrogen) atoms. The Bertz CT molecular complexity index is 1100. The predicted octanol–water partition coefficient (Wildman–Crippen LogP) is 6.82. The lowest BCUT2D eigenvalue weighted by Gasteiger charge is -2.10. The third-order valence-electron chi connectivity index (χ3n) is 4.85. The summed E-state index contributed by atoms with van der Waals surface area (Å²) >= 11 is 3.54. The van der Waals surface area contributed by atoms with Gasteiger partial charge in [-0.3, -0.25) is 4.57 Å². The number of benzene rings is 3. The van der Waals surface area contributed by atoms with Gasteiger partial charge in [0.2, 0.25) is 0 Å². The molecule has 0 amide bonds. The molecular weight excluding hydrogens is 434 g/mol. The largest absolute Gasteiger partial charge is 0.494 e. The fourth-order valence-corrected chi connectivity index (χ4v) is 5.05. The smallest absolute Gasteiger partial charge is 0.195 e. The van der Waals surface area contributed by atoms with Gasteiger partial charge in [0.05, 0.1) is 12.4 Å². The summed E-state index contributed by atoms with van der Waals surface area (Å²) in [6.07, 6.45) is 2.07. The molecule has 4 aromatic rings. The normalized spacial score (nSPS) is 10.9. The van der Waals surface area contributed by atoms with Crippen LogP contribution >= 0.6 is 23.5 Å². The molecule has 0 aliphatic carbocycles. The van der Waals surface area contributed by atoms with E-state index in [9.17, 15) is 0 Å². The van der Waals surface area contributed by atoms with E-state index in [-0.39, 0.29) is 0 Å². The number of aromatic nitrogens is 3. The van der Waals surface area contributed by atoms with Crippen LogP contribution in [0.25, 0.3) is 5.69 Å². The summed E-state index contributed by atoms with van der Waals surface area (Å²) < 4.78 is 8.05. The highest BCUT2D eigenvalue weighted by Gasteiger charge is 2.14. The third-order valence-corrected chi connectivity index (χ3v) is 6.88. The molecule has 0 unspecified atom stereocenters. The first-order valence-corrected chi connectivity index (χ1v) is 12.8. The molecule has 164 valence electrons. The summed E-state index contributed by atoms with van der Waals surface area (Å²) in [6.45, 7) is 2.81. The molecule has 4 rings (SSSR count). The van der Waals surface area contributed by atoms with Gasteiger partial charge in [0, 0.05) is 16.3 Å². The number of hydrogen-bond acceptors (Lipinski definition) is 5. The molecule has 0 spiro atoms. The minimum Gasteiger partial charge on any atom is -0.494 e. The van der Waals surface area contributed by atoms with Crippen molar-refractivity contribution in [2.75, 3.05) is 12.4 Å². The van der Waals surface area contributed by atoms with Crippen LogP contribution in [0.5, 0.6) is 5.75 Å². The van der Waals surface area contributed by atoms with Crippen molar-refractivity contribution in [1.29, 1.82) is 0 Å². The van der Waals surface area contributed by atoms with Gasteiger partial charge >= 0.3 is 0 Å². The second-order valence-electron chi connectivity index (χ2n) is 7.39. The van der Waals surface area contributed by atoms with Gasteiger partial charge in [-0.1, -0.05) is 60.3 Å². The van der Waals surface area contributed by atoms with E-state index in [1.54, 1.807) is 23.5 Å². The Morgan fingerprint density at radius 3 is 2.38 bits per heavy atom. The Kier molecular flexibility index (Phi) is 8.29. The Labute approximate surface area is 198 Å². The molecule has 0 N–H and O–H groups in total. The van der Waals surface area contributed by atoms with Gasteiger partial charge in [-0.2, -0.15) is 0 Å². The number of thioether (sulfide) groups is 2. The van der Waals surface area contributed by atoms with Crippen LogP contribution in [-0.2, 0) is 5.75 Å². The summed E-state index contributed by atoms with van der Waals surface area (Å²) in [5.74, 6) is 3.67. The zero-order valence-electron chi connectivity index (χ0n) is 18.2. The average Bonchev–Trinajstić information content (AvgIpc) is 3.24. The van der Waals surface area contributed by atoms with E-state index in [0.717, 1.165) is 53.4 Å². The van der Waals surface area contributed by atoms with Crippen LogP contribution in [-0.4, -0.2) is 27.1 Å². The number of unbranched alkanes of at least 4 members (excludes halogenated alkanes) is 1. The highest BCUT2D eigenvalue weighted by Crippen LogP contribution is 2.27. The van der Waals surface area contributed by atoms with Crippen molar-refractivity contribution in [3.8, 4) is 11.4 Å². The zero-order chi connectivity index (χ0) is 22.0. The summed E-state index contributed by atoms with van der Waals surface area (Å²) in [5, 5.41) is 9.97. The number of para-hydroxylation sites is 1. The van der Waals surface area contributed by atoms with Crippen molar-refractivity contribution in [2.45, 2.75) is 35.6 Å². The van der Waals surface area contributed by atoms with Crippen LogP contribution in [0, 0.1) is 6.92 Å². The number of hydrogen-bond donors (Lipinski definition) is 0. The maximum atomic E-state index is 5.87. The van der Waals surface area contributed by atoms with E-state index in [0.29, 0.717) is 0 Å². The van der Waals surface area contributed by atoms with Gasteiger partial charge in [-0.15, -0.1) is 22.0 Å². The number of nitrogens with zero attached hydrogens (tertiary/aromatic N) is 3. The lowest BCUT2D eigenvalue weighted by atomic mass is 10.2. The van der Waals surface area contributed by atoms with Gasteiger partial charge in [0.25, 0.3) is 0 Å². The second-order valence-corrected chi connectivity index (χ2v) is 9.50. The Hall–Kier alpha value is -2.70. The first kappa shape index (κ1) is 22.5. The van der Waals surface area contributed by atoms with Crippen LogP contribution in [0.2, 0.25) is 0 Å². The minimum atomic E-state index is 0.731. The molecule has 3 aromatic carbocycles. The van der Waals surface area contributed by atoms with Crippen molar-refractivity contribution in [3.05, 3.63) is 96.3 Å². The van der Waals surface area contributed by atoms with Crippen molar-refractivity contribution in [3.63, 3.8) is 0 Å². The first-order chi connectivity index (χ1) is 15.8. The van der Waals surface area contributed by atoms with Gasteiger partial charge in [-0.25, -0.2) is 0 Å². The molecule has 0 aliphatic heterocycles. The number of aryl methyl sites for hydroxylation is 1. The zero-order valence-corrected chi connectivity index (χ0v) is 19.8. The molecule has 0 aliphatic rings. The molecule has 0 atom stereocenters. The number of rotatable bonds is 11. The van der Waals surface area contributed by atoms with Gasteiger partial charge in [0.15, 0.2) is 5.16 Å². The average molecular weight is 462 g/mol. The molecule has 0 saturated heterocycles. The van der Waals surface area contributed by atoms with E-state index in [2.05, 4.69) is 82.4 Å². The van der Waals surface area contributed by atoms with Gasteiger partial charge < -0.3 is 4.74 Å². The summed E-state index contributed by atoms with van der Waals surface area (Å²) in [4.78, 5) is 1.23. The second kappa shape index (κ2) is 11.8. The van der Waals surface area contributed by atoms with E-state index < -0.39 is 0 Å². The lowest BCUT2D eigenvalue weighted by molar-refractivity contribution is 0.309. The van der Waals surface area contributed by atoms with E-state index >= 15 is 0 Å². The Morgan fingerprint density at radius 1 is 0.812 bits per heavy atom. The van der Waals surface area contributed by atoms with Gasteiger partial charge in [-0.05, 0) is 61.7 Å². The van der Waals surface area contributed by atoms with Crippen molar-refractivity contribution >= 4 is 23.5 Å². The molecule has 0 radical (unpaired) electrons. The Balaban J connectivity index is 1.34. The van der Waals surface area contributed by atoms with E-state index in [1.165, 1.54) is 10.5 Å². The maximum absolute atomic E-state index is 5.87. The molecule has 1 aromatic heterocycles. The van der Waals surface area contributed by atoms with Gasteiger partial charge in [0.1, 0.15) is 11.6 Å². The SMILES string of the molecule is Cc1cccc(OCCCCSc2nnc(CSc3ccccc3)n2-c2ccccc2)c1. The van der Waals surface area contributed by atoms with E-state index in [4.69, 9.17) is 4.74 Å². The van der Waals surface area contributed by atoms with Crippen LogP contribution in [0.3, 0.4) is 0 Å². The molecule has 1 heterocycles. The van der Waals surface area contributed by atoms with E-state index in [1.807, 2.05) is 24.3 Å². The molecule has 4 nitrogen and oxygen atoms in total. The monoisotopic (exact) mass is 461 g/mol. The first-order valence-electron chi connectivity index (χ1n) is 10.8. The highest BCUT2D eigenvalue weighted by molar-refractivity contribution is 7.99. The molecule has 0 bridgehead atoms. The van der Waals surface area contributed by atoms with Crippen LogP contribution < -0.4 is 4.74 Å². The molecule has 0 fully saturated rings. The quantitative estimate of drug-likeness (QED) is 0.181. The summed E-state index contributed by atoms with van der Waals surface area (Å²) in [6, 6.07) is 29.0. The summed E-state index contributed by atoms with van der Waals surface area (Å²) in [5.41, 5.74) is 2.32. The molecule has 6 heteroatoms. The minimum absolute atomic E-state index is 0.731. The Morgan fingerprint density at radius 2 is 1.59 bits per heavy atom. The van der Waals surface area contributed by atoms with Crippen LogP contribution in [0.15, 0.2) is 95.0 Å². The highest BCUT2D eigenvalue weighted by atomic mass is 32.2. The fourth-order valence-electron chi connectivity index (χ4n) is 3.25. The topological polar surface area (TPSA) is 39.9 Å². The van der Waals surface area contributed by atoms with Crippen molar-refractivity contribution in [2.24, 2.45) is 0 Å². The third kappa shape index (κ3) is 6.40. The maximum Gasteiger partial charge on any atom is 0.195 e. The standard InChI is InChI=1S/C26H27N3OS2/c1-21-11-10-14-23(19-21)30-17-8-9-18-31-26-28-27-25(20-32-24-15-6-3-7-16-24)29(26)22-12-4-2-5-13-22/h2-7,10-16,19H,8-9,17-18,20H2,1H3. The van der Waals surface area contributed by atoms with Crippen LogP contribution in [0.4, 0.5) is 0 Å². The predicted molar refractivity (Wildman–Crippen MR) is 134 cm³/mol. The summed E-state index contributed by atoms with van der Waals surface area (Å²) in [7, 11) is 0. The molecular formula is C26H27N3OS2. The lowest BCUT2D eigenvalue weighted by Crippen LogP contribution is -2.02.